The zero-order chi connectivity index (χ0) is 17.6. The molecule has 7 nitrogen and oxygen atoms in total. The van der Waals surface area contributed by atoms with E-state index < -0.39 is 48.5 Å². The molecule has 2 aromatic rings. The Morgan fingerprint density at radius 2 is 1.96 bits per heavy atom. The monoisotopic (exact) mass is 346 g/mol. The maximum absolute atomic E-state index is 12.7. The minimum absolute atomic E-state index is 0.0773. The molecule has 1 aliphatic rings. The highest BCUT2D eigenvalue weighted by Gasteiger charge is 2.44. The van der Waals surface area contributed by atoms with Crippen molar-refractivity contribution in [3.8, 4) is 0 Å². The molecule has 0 saturated carbocycles. The standard InChI is InChI=1S/C14H13F3N2O5/c15-14(16,17)8-2-1-5-3-6(13(23)19-12(5)18-8)11-10(22)9(21)7(4-20)24-11/h1-3,7,9-11,20-22H,4H2,(H,18,19,23)/t7-,9?,10?,11+/m1/s1. The normalized spacial score (nSPS) is 27.8. The second-order valence-electron chi connectivity index (χ2n) is 5.44. The van der Waals surface area contributed by atoms with E-state index in [-0.39, 0.29) is 16.6 Å². The van der Waals surface area contributed by atoms with Gasteiger partial charge in [-0.15, -0.1) is 0 Å². The number of aromatic nitrogens is 2. The summed E-state index contributed by atoms with van der Waals surface area (Å²) in [5, 5.41) is 29.0. The highest BCUT2D eigenvalue weighted by Crippen LogP contribution is 2.33. The van der Waals surface area contributed by atoms with Crippen LogP contribution < -0.4 is 5.56 Å². The van der Waals surface area contributed by atoms with Crippen LogP contribution in [0.25, 0.3) is 11.0 Å². The van der Waals surface area contributed by atoms with Crippen LogP contribution in [-0.2, 0) is 10.9 Å². The fourth-order valence-corrected chi connectivity index (χ4v) is 2.63. The predicted octanol–water partition coefficient (Wildman–Crippen LogP) is 0.0959. The van der Waals surface area contributed by atoms with Gasteiger partial charge in [-0.2, -0.15) is 13.2 Å². The lowest BCUT2D eigenvalue weighted by atomic mass is 10.0. The van der Waals surface area contributed by atoms with Crippen LogP contribution in [0.2, 0.25) is 0 Å². The molecule has 0 aliphatic carbocycles. The van der Waals surface area contributed by atoms with E-state index in [9.17, 15) is 28.2 Å². The summed E-state index contributed by atoms with van der Waals surface area (Å²) in [7, 11) is 0. The molecular weight excluding hydrogens is 333 g/mol. The van der Waals surface area contributed by atoms with Gasteiger partial charge in [-0.25, -0.2) is 4.98 Å². The zero-order valence-electron chi connectivity index (χ0n) is 12.0. The summed E-state index contributed by atoms with van der Waals surface area (Å²) in [5.41, 5.74) is -2.28. The third kappa shape index (κ3) is 2.77. The minimum Gasteiger partial charge on any atom is -0.394 e. The Kier molecular flexibility index (Phi) is 4.08. The Bertz CT molecular complexity index is 822. The number of aromatic amines is 1. The Labute approximate surface area is 132 Å². The number of nitrogens with one attached hydrogen (secondary N) is 1. The number of aliphatic hydroxyl groups is 3. The van der Waals surface area contributed by atoms with Crippen LogP contribution in [0.1, 0.15) is 17.4 Å². The molecule has 0 radical (unpaired) electrons. The van der Waals surface area contributed by atoms with Gasteiger partial charge in [0, 0.05) is 10.9 Å². The quantitative estimate of drug-likeness (QED) is 0.613. The number of halogens is 3. The summed E-state index contributed by atoms with van der Waals surface area (Å²) in [6.07, 6.45) is -9.77. The number of hydrogen-bond acceptors (Lipinski definition) is 6. The number of ether oxygens (including phenoxy) is 1. The zero-order valence-corrected chi connectivity index (χ0v) is 12.0. The number of H-pyrrole nitrogens is 1. The number of hydrogen-bond donors (Lipinski definition) is 4. The molecule has 0 spiro atoms. The summed E-state index contributed by atoms with van der Waals surface area (Å²) < 4.78 is 43.2. The van der Waals surface area contributed by atoms with E-state index in [0.29, 0.717) is 0 Å². The number of pyridine rings is 2. The SMILES string of the molecule is O=c1[nH]c2nc(C(F)(F)F)ccc2cc1[C@@H]1O[C@H](CO)C(O)C1O. The molecule has 1 saturated heterocycles. The Morgan fingerprint density at radius 3 is 2.54 bits per heavy atom. The molecule has 0 amide bonds. The first-order valence-corrected chi connectivity index (χ1v) is 6.96. The Morgan fingerprint density at radius 1 is 1.25 bits per heavy atom. The van der Waals surface area contributed by atoms with Crippen LogP contribution >= 0.6 is 0 Å². The lowest BCUT2D eigenvalue weighted by Crippen LogP contribution is -2.33. The van der Waals surface area contributed by atoms with Crippen LogP contribution in [-0.4, -0.2) is 50.2 Å². The van der Waals surface area contributed by atoms with Crippen molar-refractivity contribution in [2.24, 2.45) is 0 Å². The second kappa shape index (κ2) is 5.81. The Balaban J connectivity index is 2.05. The van der Waals surface area contributed by atoms with E-state index in [4.69, 9.17) is 9.84 Å². The molecule has 1 aliphatic heterocycles. The molecule has 0 bridgehead atoms. The van der Waals surface area contributed by atoms with E-state index in [0.717, 1.165) is 12.1 Å². The molecule has 4 N–H and O–H groups in total. The summed E-state index contributed by atoms with van der Waals surface area (Å²) in [5.74, 6) is 0. The first-order valence-electron chi connectivity index (χ1n) is 6.96. The van der Waals surface area contributed by atoms with Crippen LogP contribution in [0.5, 0.6) is 0 Å². The molecule has 130 valence electrons. The number of nitrogens with zero attached hydrogens (tertiary/aromatic N) is 1. The van der Waals surface area contributed by atoms with E-state index in [1.54, 1.807) is 0 Å². The third-order valence-electron chi connectivity index (χ3n) is 3.87. The molecule has 4 atom stereocenters. The van der Waals surface area contributed by atoms with Gasteiger partial charge in [0.15, 0.2) is 0 Å². The third-order valence-corrected chi connectivity index (χ3v) is 3.87. The van der Waals surface area contributed by atoms with E-state index in [1.165, 1.54) is 6.07 Å². The van der Waals surface area contributed by atoms with Gasteiger partial charge in [0.1, 0.15) is 35.8 Å². The van der Waals surface area contributed by atoms with Gasteiger partial charge in [-0.3, -0.25) is 4.79 Å². The molecule has 0 aromatic carbocycles. The average Bonchev–Trinajstić information content (AvgIpc) is 2.80. The maximum Gasteiger partial charge on any atom is 0.433 e. The first-order chi connectivity index (χ1) is 11.2. The first kappa shape index (κ1) is 16.8. The highest BCUT2D eigenvalue weighted by atomic mass is 19.4. The van der Waals surface area contributed by atoms with Crippen molar-refractivity contribution in [2.75, 3.05) is 6.61 Å². The minimum atomic E-state index is -4.65. The van der Waals surface area contributed by atoms with Crippen molar-refractivity contribution < 1.29 is 33.2 Å². The van der Waals surface area contributed by atoms with Crippen molar-refractivity contribution in [2.45, 2.75) is 30.6 Å². The van der Waals surface area contributed by atoms with Crippen LogP contribution in [0.4, 0.5) is 13.2 Å². The van der Waals surface area contributed by atoms with Gasteiger partial charge in [0.05, 0.1) is 6.61 Å². The second-order valence-corrected chi connectivity index (χ2v) is 5.44. The smallest absolute Gasteiger partial charge is 0.394 e. The maximum atomic E-state index is 12.7. The predicted molar refractivity (Wildman–Crippen MR) is 74.1 cm³/mol. The number of aliphatic hydroxyl groups excluding tert-OH is 3. The van der Waals surface area contributed by atoms with Crippen LogP contribution in [0.3, 0.4) is 0 Å². The Hall–Kier alpha value is -2.01. The number of rotatable bonds is 2. The molecule has 3 heterocycles. The van der Waals surface area contributed by atoms with Crippen molar-refractivity contribution >= 4 is 11.0 Å². The molecule has 2 aromatic heterocycles. The fourth-order valence-electron chi connectivity index (χ4n) is 2.63. The molecule has 24 heavy (non-hydrogen) atoms. The van der Waals surface area contributed by atoms with E-state index in [2.05, 4.69) is 9.97 Å². The van der Waals surface area contributed by atoms with Crippen molar-refractivity contribution in [3.63, 3.8) is 0 Å². The summed E-state index contributed by atoms with van der Waals surface area (Å²) >= 11 is 0. The number of alkyl halides is 3. The lowest BCUT2D eigenvalue weighted by Gasteiger charge is -2.15. The largest absolute Gasteiger partial charge is 0.433 e. The lowest BCUT2D eigenvalue weighted by molar-refractivity contribution is -0.141. The van der Waals surface area contributed by atoms with Gasteiger partial charge in [0.2, 0.25) is 0 Å². The average molecular weight is 346 g/mol. The van der Waals surface area contributed by atoms with Gasteiger partial charge >= 0.3 is 6.18 Å². The summed E-state index contributed by atoms with van der Waals surface area (Å²) in [6.45, 7) is -0.559. The van der Waals surface area contributed by atoms with Gasteiger partial charge in [-0.1, -0.05) is 0 Å². The van der Waals surface area contributed by atoms with Gasteiger partial charge < -0.3 is 25.0 Å². The topological polar surface area (TPSA) is 116 Å². The van der Waals surface area contributed by atoms with E-state index >= 15 is 0 Å². The fraction of sp³-hybridized carbons (Fsp3) is 0.429. The summed E-state index contributed by atoms with van der Waals surface area (Å²) in [6, 6.07) is 3.13. The molecular formula is C14H13F3N2O5. The van der Waals surface area contributed by atoms with E-state index in [1.807, 2.05) is 0 Å². The van der Waals surface area contributed by atoms with Gasteiger partial charge in [-0.05, 0) is 18.2 Å². The van der Waals surface area contributed by atoms with Crippen molar-refractivity contribution in [3.05, 3.63) is 39.8 Å². The van der Waals surface area contributed by atoms with Crippen molar-refractivity contribution in [1.29, 1.82) is 0 Å². The van der Waals surface area contributed by atoms with Crippen LogP contribution in [0, 0.1) is 0 Å². The summed E-state index contributed by atoms with van der Waals surface area (Å²) in [4.78, 5) is 17.7. The molecule has 3 rings (SSSR count). The molecule has 10 heteroatoms. The van der Waals surface area contributed by atoms with Gasteiger partial charge in [0.25, 0.3) is 5.56 Å². The molecule has 1 fully saturated rings. The van der Waals surface area contributed by atoms with Crippen LogP contribution in [0.15, 0.2) is 23.0 Å². The highest BCUT2D eigenvalue weighted by molar-refractivity contribution is 5.75. The number of fused-ring (bicyclic) bond motifs is 1. The molecule has 2 unspecified atom stereocenters. The van der Waals surface area contributed by atoms with Crippen molar-refractivity contribution in [1.82, 2.24) is 9.97 Å².